The molecule has 0 aliphatic heterocycles. The molecule has 0 aliphatic rings. The Kier molecular flexibility index (Phi) is 3.26. The SMILES string of the molecule is CC(O)Cn1ncc(C(=O)O)c1I. The number of carbonyl (C=O) groups is 1. The second kappa shape index (κ2) is 4.05. The Balaban J connectivity index is 2.93. The summed E-state index contributed by atoms with van der Waals surface area (Å²) in [4.78, 5) is 10.6. The zero-order valence-corrected chi connectivity index (χ0v) is 9.09. The maximum atomic E-state index is 10.6. The normalized spacial score (nSPS) is 12.8. The molecule has 1 atom stereocenters. The number of halogens is 1. The maximum Gasteiger partial charge on any atom is 0.340 e. The molecule has 1 aromatic rings. The van der Waals surface area contributed by atoms with Gasteiger partial charge in [0.25, 0.3) is 0 Å². The van der Waals surface area contributed by atoms with Crippen molar-refractivity contribution in [2.75, 3.05) is 0 Å². The van der Waals surface area contributed by atoms with Gasteiger partial charge in [-0.05, 0) is 29.5 Å². The first-order chi connectivity index (χ1) is 6.02. The van der Waals surface area contributed by atoms with E-state index >= 15 is 0 Å². The lowest BCUT2D eigenvalue weighted by molar-refractivity contribution is 0.0695. The minimum atomic E-state index is -0.999. The van der Waals surface area contributed by atoms with Crippen LogP contribution in [0, 0.1) is 3.70 Å². The molecule has 1 unspecified atom stereocenters. The summed E-state index contributed by atoms with van der Waals surface area (Å²) in [5, 5.41) is 21.6. The van der Waals surface area contributed by atoms with Crippen LogP contribution in [0.4, 0.5) is 0 Å². The summed E-state index contributed by atoms with van der Waals surface area (Å²) in [5.41, 5.74) is 0.168. The third kappa shape index (κ3) is 2.41. The number of carboxylic acids is 1. The zero-order valence-electron chi connectivity index (χ0n) is 6.94. The van der Waals surface area contributed by atoms with Crippen LogP contribution < -0.4 is 0 Å². The van der Waals surface area contributed by atoms with E-state index in [0.717, 1.165) is 0 Å². The molecular weight excluding hydrogens is 287 g/mol. The Bertz CT molecular complexity index is 322. The summed E-state index contributed by atoms with van der Waals surface area (Å²) in [6.07, 6.45) is 0.752. The second-order valence-electron chi connectivity index (χ2n) is 2.69. The number of aliphatic hydroxyl groups excluding tert-OH is 1. The molecule has 0 spiro atoms. The Morgan fingerprint density at radius 3 is 2.85 bits per heavy atom. The Hall–Kier alpha value is -0.630. The lowest BCUT2D eigenvalue weighted by atomic mass is 10.4. The third-order valence-electron chi connectivity index (χ3n) is 1.44. The smallest absolute Gasteiger partial charge is 0.340 e. The zero-order chi connectivity index (χ0) is 10.0. The van der Waals surface area contributed by atoms with Crippen LogP contribution in [0.25, 0.3) is 0 Å². The van der Waals surface area contributed by atoms with Gasteiger partial charge in [0.2, 0.25) is 0 Å². The molecule has 72 valence electrons. The molecule has 0 amide bonds. The molecule has 0 aliphatic carbocycles. The van der Waals surface area contributed by atoms with Crippen LogP contribution in [0.3, 0.4) is 0 Å². The van der Waals surface area contributed by atoms with Gasteiger partial charge >= 0.3 is 5.97 Å². The standard InChI is InChI=1S/C7H9IN2O3/c1-4(11)3-10-6(8)5(2-9-10)7(12)13/h2,4,11H,3H2,1H3,(H,12,13). The quantitative estimate of drug-likeness (QED) is 0.800. The highest BCUT2D eigenvalue weighted by atomic mass is 127. The average Bonchev–Trinajstić information content (AvgIpc) is 2.32. The van der Waals surface area contributed by atoms with E-state index in [-0.39, 0.29) is 5.56 Å². The summed E-state index contributed by atoms with van der Waals surface area (Å²) in [6, 6.07) is 0. The summed E-state index contributed by atoms with van der Waals surface area (Å²) in [5.74, 6) is -0.999. The van der Waals surface area contributed by atoms with Crippen molar-refractivity contribution in [1.82, 2.24) is 9.78 Å². The number of carboxylic acid groups (broad SMARTS) is 1. The van der Waals surface area contributed by atoms with Crippen LogP contribution in [0.1, 0.15) is 17.3 Å². The monoisotopic (exact) mass is 296 g/mol. The average molecular weight is 296 g/mol. The molecule has 1 rings (SSSR count). The molecular formula is C7H9IN2O3. The van der Waals surface area contributed by atoms with Gasteiger partial charge in [0.15, 0.2) is 0 Å². The Morgan fingerprint density at radius 2 is 2.46 bits per heavy atom. The third-order valence-corrected chi connectivity index (χ3v) is 2.58. The Morgan fingerprint density at radius 1 is 1.85 bits per heavy atom. The fourth-order valence-electron chi connectivity index (χ4n) is 0.891. The highest BCUT2D eigenvalue weighted by molar-refractivity contribution is 14.1. The van der Waals surface area contributed by atoms with E-state index in [1.54, 1.807) is 6.92 Å². The molecule has 6 heteroatoms. The number of hydrogen-bond acceptors (Lipinski definition) is 3. The van der Waals surface area contributed by atoms with E-state index in [1.165, 1.54) is 10.9 Å². The molecule has 1 aromatic heterocycles. The second-order valence-corrected chi connectivity index (χ2v) is 3.71. The molecule has 0 radical (unpaired) electrons. The fourth-order valence-corrected chi connectivity index (χ4v) is 1.58. The van der Waals surface area contributed by atoms with Crippen LogP contribution >= 0.6 is 22.6 Å². The van der Waals surface area contributed by atoms with Gasteiger partial charge in [0.05, 0.1) is 18.8 Å². The summed E-state index contributed by atoms with van der Waals surface area (Å²) >= 11 is 1.89. The van der Waals surface area contributed by atoms with Gasteiger partial charge < -0.3 is 10.2 Å². The lowest BCUT2D eigenvalue weighted by Crippen LogP contribution is -2.14. The number of hydrogen-bond donors (Lipinski definition) is 2. The number of aromatic carboxylic acids is 1. The first kappa shape index (κ1) is 10.5. The van der Waals surface area contributed by atoms with E-state index in [2.05, 4.69) is 5.10 Å². The van der Waals surface area contributed by atoms with Crippen molar-refractivity contribution in [2.45, 2.75) is 19.6 Å². The summed E-state index contributed by atoms with van der Waals surface area (Å²) in [6.45, 7) is 1.93. The first-order valence-corrected chi connectivity index (χ1v) is 4.73. The fraction of sp³-hybridized carbons (Fsp3) is 0.429. The van der Waals surface area contributed by atoms with Crippen molar-refractivity contribution >= 4 is 28.6 Å². The van der Waals surface area contributed by atoms with Crippen LogP contribution in [0.15, 0.2) is 6.20 Å². The predicted molar refractivity (Wildman–Crippen MR) is 53.6 cm³/mol. The minimum Gasteiger partial charge on any atom is -0.478 e. The van der Waals surface area contributed by atoms with Gasteiger partial charge in [0, 0.05) is 0 Å². The highest BCUT2D eigenvalue weighted by Gasteiger charge is 2.14. The van der Waals surface area contributed by atoms with Crippen molar-refractivity contribution in [3.05, 3.63) is 15.5 Å². The van der Waals surface area contributed by atoms with Crippen LogP contribution in [0.5, 0.6) is 0 Å². The number of nitrogens with zero attached hydrogens (tertiary/aromatic N) is 2. The van der Waals surface area contributed by atoms with Crippen molar-refractivity contribution in [2.24, 2.45) is 0 Å². The number of aromatic nitrogens is 2. The van der Waals surface area contributed by atoms with E-state index in [0.29, 0.717) is 10.2 Å². The molecule has 0 bridgehead atoms. The highest BCUT2D eigenvalue weighted by Crippen LogP contribution is 2.11. The molecule has 0 aromatic carbocycles. The maximum absolute atomic E-state index is 10.6. The van der Waals surface area contributed by atoms with E-state index in [4.69, 9.17) is 10.2 Å². The number of rotatable bonds is 3. The largest absolute Gasteiger partial charge is 0.478 e. The summed E-state index contributed by atoms with van der Waals surface area (Å²) in [7, 11) is 0. The van der Waals surface area contributed by atoms with Crippen LogP contribution in [-0.2, 0) is 6.54 Å². The molecule has 0 saturated carbocycles. The van der Waals surface area contributed by atoms with Crippen molar-refractivity contribution in [3.8, 4) is 0 Å². The lowest BCUT2D eigenvalue weighted by Gasteiger charge is -2.05. The van der Waals surface area contributed by atoms with Gasteiger partial charge in [-0.1, -0.05) is 0 Å². The van der Waals surface area contributed by atoms with Crippen LogP contribution in [-0.4, -0.2) is 32.1 Å². The minimum absolute atomic E-state index is 0.168. The predicted octanol–water partition coefficient (Wildman–Crippen LogP) is 0.567. The van der Waals surface area contributed by atoms with Crippen LogP contribution in [0.2, 0.25) is 0 Å². The molecule has 0 saturated heterocycles. The molecule has 13 heavy (non-hydrogen) atoms. The first-order valence-electron chi connectivity index (χ1n) is 3.65. The van der Waals surface area contributed by atoms with Gasteiger partial charge in [0.1, 0.15) is 9.26 Å². The summed E-state index contributed by atoms with van der Waals surface area (Å²) < 4.78 is 2.00. The van der Waals surface area contributed by atoms with Gasteiger partial charge in [-0.15, -0.1) is 0 Å². The van der Waals surface area contributed by atoms with Gasteiger partial charge in [-0.3, -0.25) is 4.68 Å². The van der Waals surface area contributed by atoms with Gasteiger partial charge in [-0.2, -0.15) is 5.10 Å². The Labute approximate surface area is 88.5 Å². The van der Waals surface area contributed by atoms with E-state index in [1.807, 2.05) is 22.6 Å². The molecule has 1 heterocycles. The van der Waals surface area contributed by atoms with E-state index in [9.17, 15) is 4.79 Å². The molecule has 0 fully saturated rings. The molecule has 2 N–H and O–H groups in total. The van der Waals surface area contributed by atoms with E-state index < -0.39 is 12.1 Å². The van der Waals surface area contributed by atoms with Crippen molar-refractivity contribution in [3.63, 3.8) is 0 Å². The number of aliphatic hydroxyl groups is 1. The van der Waals surface area contributed by atoms with Crippen molar-refractivity contribution < 1.29 is 15.0 Å². The molecule has 5 nitrogen and oxygen atoms in total. The topological polar surface area (TPSA) is 75.3 Å². The van der Waals surface area contributed by atoms with Crippen molar-refractivity contribution in [1.29, 1.82) is 0 Å². The van der Waals surface area contributed by atoms with Gasteiger partial charge in [-0.25, -0.2) is 4.79 Å².